The maximum atomic E-state index is 9.18. The first kappa shape index (κ1) is 10.8. The second-order valence-corrected chi connectivity index (χ2v) is 4.60. The topological polar surface area (TPSA) is 48.7 Å². The van der Waals surface area contributed by atoms with Crippen LogP contribution in [-0.4, -0.2) is 4.98 Å². The van der Waals surface area contributed by atoms with E-state index in [-0.39, 0.29) is 0 Å². The number of aromatic nitrogens is 1. The minimum absolute atomic E-state index is 0.637. The van der Waals surface area contributed by atoms with Crippen molar-refractivity contribution in [3.63, 3.8) is 0 Å². The molecule has 0 saturated carbocycles. The van der Waals surface area contributed by atoms with E-state index in [1.165, 1.54) is 0 Å². The van der Waals surface area contributed by atoms with Gasteiger partial charge in [-0.3, -0.25) is 0 Å². The maximum absolute atomic E-state index is 9.18. The lowest BCUT2D eigenvalue weighted by Crippen LogP contribution is -1.94. The van der Waals surface area contributed by atoms with E-state index in [1.54, 1.807) is 17.4 Å². The van der Waals surface area contributed by atoms with Crippen molar-refractivity contribution in [1.29, 1.82) is 5.26 Å². The summed E-state index contributed by atoms with van der Waals surface area (Å²) in [6.07, 6.45) is 0. The number of nitrogens with one attached hydrogen (secondary N) is 1. The van der Waals surface area contributed by atoms with E-state index in [9.17, 15) is 5.26 Å². The molecule has 1 aromatic carbocycles. The van der Waals surface area contributed by atoms with Crippen molar-refractivity contribution in [2.45, 2.75) is 0 Å². The Morgan fingerprint density at radius 2 is 2.11 bits per heavy atom. The third-order valence-corrected chi connectivity index (χ3v) is 3.31. The van der Waals surface area contributed by atoms with E-state index < -0.39 is 0 Å². The van der Waals surface area contributed by atoms with Gasteiger partial charge in [-0.1, -0.05) is 18.2 Å². The van der Waals surface area contributed by atoms with Crippen molar-refractivity contribution >= 4 is 33.7 Å². The van der Waals surface area contributed by atoms with E-state index in [4.69, 9.17) is 0 Å². The van der Waals surface area contributed by atoms with Crippen molar-refractivity contribution in [2.75, 3.05) is 5.32 Å². The van der Waals surface area contributed by atoms with Crippen LogP contribution in [0.25, 0.3) is 10.9 Å². The fraction of sp³-hybridized carbons (Fsp3) is 0. The Hall–Kier alpha value is -2.38. The van der Waals surface area contributed by atoms with E-state index in [0.29, 0.717) is 11.4 Å². The fourth-order valence-corrected chi connectivity index (χ4v) is 2.40. The lowest BCUT2D eigenvalue weighted by Gasteiger charge is -2.06. The monoisotopic (exact) mass is 251 g/mol. The molecule has 0 aliphatic carbocycles. The molecule has 0 aliphatic rings. The van der Waals surface area contributed by atoms with Crippen molar-refractivity contribution in [2.24, 2.45) is 0 Å². The maximum Gasteiger partial charge on any atom is 0.132 e. The van der Waals surface area contributed by atoms with Gasteiger partial charge in [0.25, 0.3) is 0 Å². The van der Waals surface area contributed by atoms with E-state index in [1.807, 2.05) is 41.1 Å². The number of thiophene rings is 1. The van der Waals surface area contributed by atoms with Gasteiger partial charge in [0.1, 0.15) is 5.82 Å². The highest BCUT2D eigenvalue weighted by atomic mass is 32.1. The van der Waals surface area contributed by atoms with Crippen LogP contribution in [0.15, 0.2) is 47.2 Å². The number of benzene rings is 1. The molecule has 1 N–H and O–H groups in total. The standard InChI is InChI=1S/C14H9N3S/c15-8-10-7-14(16-11-5-6-18-9-11)17-13-4-2-1-3-12(10)13/h1-7,9H,(H,16,17). The summed E-state index contributed by atoms with van der Waals surface area (Å²) < 4.78 is 0. The second kappa shape index (κ2) is 4.47. The van der Waals surface area contributed by atoms with Crippen LogP contribution in [-0.2, 0) is 0 Å². The molecular formula is C14H9N3S. The number of nitrogens with zero attached hydrogens (tertiary/aromatic N) is 2. The number of pyridine rings is 1. The molecule has 3 aromatic rings. The first-order chi connectivity index (χ1) is 8.86. The zero-order chi connectivity index (χ0) is 12.4. The Morgan fingerprint density at radius 1 is 1.22 bits per heavy atom. The highest BCUT2D eigenvalue weighted by molar-refractivity contribution is 7.08. The molecule has 0 atom stereocenters. The molecule has 0 radical (unpaired) electrons. The highest BCUT2D eigenvalue weighted by Crippen LogP contribution is 2.23. The van der Waals surface area contributed by atoms with Crippen LogP contribution < -0.4 is 5.32 Å². The second-order valence-electron chi connectivity index (χ2n) is 3.82. The number of para-hydroxylation sites is 1. The molecule has 0 unspecified atom stereocenters. The minimum Gasteiger partial charge on any atom is -0.340 e. The van der Waals surface area contributed by atoms with Crippen LogP contribution in [0, 0.1) is 11.3 Å². The molecule has 4 heteroatoms. The Kier molecular flexibility index (Phi) is 2.67. The number of rotatable bonds is 2. The Bertz CT molecular complexity index is 726. The van der Waals surface area contributed by atoms with Gasteiger partial charge in [-0.25, -0.2) is 4.98 Å². The van der Waals surface area contributed by atoms with Crippen LogP contribution in [0.1, 0.15) is 5.56 Å². The predicted molar refractivity (Wildman–Crippen MR) is 74.1 cm³/mol. The zero-order valence-corrected chi connectivity index (χ0v) is 10.2. The quantitative estimate of drug-likeness (QED) is 0.751. The molecule has 2 heterocycles. The van der Waals surface area contributed by atoms with Crippen LogP contribution in [0.3, 0.4) is 0 Å². The molecule has 0 bridgehead atoms. The van der Waals surface area contributed by atoms with Crippen LogP contribution >= 0.6 is 11.3 Å². The molecule has 0 spiro atoms. The highest BCUT2D eigenvalue weighted by Gasteiger charge is 2.05. The van der Waals surface area contributed by atoms with Gasteiger partial charge in [-0.05, 0) is 23.6 Å². The molecule has 2 aromatic heterocycles. The van der Waals surface area contributed by atoms with Crippen molar-refractivity contribution in [3.05, 3.63) is 52.7 Å². The number of nitriles is 1. The summed E-state index contributed by atoms with van der Waals surface area (Å²) in [4.78, 5) is 4.50. The fourth-order valence-electron chi connectivity index (χ4n) is 1.82. The van der Waals surface area contributed by atoms with Gasteiger partial charge in [0.15, 0.2) is 0 Å². The van der Waals surface area contributed by atoms with Crippen molar-refractivity contribution < 1.29 is 0 Å². The molecular weight excluding hydrogens is 242 g/mol. The Morgan fingerprint density at radius 3 is 2.89 bits per heavy atom. The van der Waals surface area contributed by atoms with Gasteiger partial charge in [-0.2, -0.15) is 16.6 Å². The van der Waals surface area contributed by atoms with Gasteiger partial charge >= 0.3 is 0 Å². The van der Waals surface area contributed by atoms with Gasteiger partial charge < -0.3 is 5.32 Å². The smallest absolute Gasteiger partial charge is 0.132 e. The van der Waals surface area contributed by atoms with Gasteiger partial charge in [0.2, 0.25) is 0 Å². The molecule has 0 saturated heterocycles. The number of anilines is 2. The average Bonchev–Trinajstić information content (AvgIpc) is 2.90. The lowest BCUT2D eigenvalue weighted by molar-refractivity contribution is 1.36. The van der Waals surface area contributed by atoms with E-state index in [0.717, 1.165) is 16.6 Å². The van der Waals surface area contributed by atoms with Crippen LogP contribution in [0.2, 0.25) is 0 Å². The SMILES string of the molecule is N#Cc1cc(Nc2ccsc2)nc2ccccc12. The summed E-state index contributed by atoms with van der Waals surface area (Å²) in [6.45, 7) is 0. The largest absolute Gasteiger partial charge is 0.340 e. The van der Waals surface area contributed by atoms with Crippen LogP contribution in [0.5, 0.6) is 0 Å². The third-order valence-electron chi connectivity index (χ3n) is 2.63. The zero-order valence-electron chi connectivity index (χ0n) is 9.42. The molecule has 0 fully saturated rings. The normalized spacial score (nSPS) is 10.2. The Balaban J connectivity index is 2.11. The third kappa shape index (κ3) is 1.92. The van der Waals surface area contributed by atoms with Gasteiger partial charge in [-0.15, -0.1) is 0 Å². The summed E-state index contributed by atoms with van der Waals surface area (Å²) >= 11 is 1.62. The molecule has 86 valence electrons. The first-order valence-corrected chi connectivity index (χ1v) is 6.40. The molecule has 3 rings (SSSR count). The summed E-state index contributed by atoms with van der Waals surface area (Å²) in [5.41, 5.74) is 2.46. The number of fused-ring (bicyclic) bond motifs is 1. The number of hydrogen-bond acceptors (Lipinski definition) is 4. The van der Waals surface area contributed by atoms with E-state index >= 15 is 0 Å². The van der Waals surface area contributed by atoms with Gasteiger partial charge in [0, 0.05) is 10.8 Å². The molecule has 18 heavy (non-hydrogen) atoms. The minimum atomic E-state index is 0.637. The summed E-state index contributed by atoms with van der Waals surface area (Å²) in [5.74, 6) is 0.698. The van der Waals surface area contributed by atoms with E-state index in [2.05, 4.69) is 16.4 Å². The molecule has 0 aliphatic heterocycles. The molecule has 3 nitrogen and oxygen atoms in total. The molecule has 0 amide bonds. The number of hydrogen-bond donors (Lipinski definition) is 1. The average molecular weight is 251 g/mol. The van der Waals surface area contributed by atoms with Crippen molar-refractivity contribution in [3.8, 4) is 6.07 Å². The predicted octanol–water partition coefficient (Wildman–Crippen LogP) is 3.91. The first-order valence-electron chi connectivity index (χ1n) is 5.46. The Labute approximate surface area is 108 Å². The summed E-state index contributed by atoms with van der Waals surface area (Å²) in [5, 5.41) is 17.3. The lowest BCUT2D eigenvalue weighted by atomic mass is 10.1. The summed E-state index contributed by atoms with van der Waals surface area (Å²) in [7, 11) is 0. The van der Waals surface area contributed by atoms with Crippen molar-refractivity contribution in [1.82, 2.24) is 4.98 Å². The van der Waals surface area contributed by atoms with Gasteiger partial charge in [0.05, 0.1) is 22.8 Å². The summed E-state index contributed by atoms with van der Waals surface area (Å²) in [6, 6.07) is 13.6. The van der Waals surface area contributed by atoms with Crippen LogP contribution in [0.4, 0.5) is 11.5 Å².